The fraction of sp³-hybridized carbons (Fsp3) is 0.290. The van der Waals surface area contributed by atoms with E-state index in [0.717, 1.165) is 22.3 Å². The predicted octanol–water partition coefficient (Wildman–Crippen LogP) is 4.99. The first-order valence-electron chi connectivity index (χ1n) is 12.9. The Labute approximate surface area is 225 Å². The van der Waals surface area contributed by atoms with Crippen LogP contribution in [0.4, 0.5) is 10.5 Å². The number of amides is 3. The Kier molecular flexibility index (Phi) is 8.69. The first kappa shape index (κ1) is 26.8. The van der Waals surface area contributed by atoms with Crippen LogP contribution in [0.2, 0.25) is 0 Å². The number of urea groups is 1. The highest BCUT2D eigenvalue weighted by atomic mass is 16.2. The second kappa shape index (κ2) is 12.3. The van der Waals surface area contributed by atoms with Crippen molar-refractivity contribution in [3.63, 3.8) is 0 Å². The van der Waals surface area contributed by atoms with Crippen molar-refractivity contribution < 1.29 is 9.59 Å². The summed E-state index contributed by atoms with van der Waals surface area (Å²) in [5.41, 5.74) is 5.41. The van der Waals surface area contributed by atoms with E-state index in [9.17, 15) is 9.59 Å². The third kappa shape index (κ3) is 6.73. The van der Waals surface area contributed by atoms with Gasteiger partial charge < -0.3 is 24.6 Å². The van der Waals surface area contributed by atoms with Gasteiger partial charge in [0.25, 0.3) is 0 Å². The molecule has 1 heterocycles. The molecule has 0 saturated heterocycles. The molecule has 3 amide bonds. The summed E-state index contributed by atoms with van der Waals surface area (Å²) >= 11 is 0. The van der Waals surface area contributed by atoms with E-state index in [1.54, 1.807) is 19.0 Å². The maximum atomic E-state index is 13.8. The molecule has 0 radical (unpaired) electrons. The average Bonchev–Trinajstić information content (AvgIpc) is 3.34. The molecule has 0 saturated carbocycles. The first-order chi connectivity index (χ1) is 18.3. The van der Waals surface area contributed by atoms with Gasteiger partial charge in [-0.3, -0.25) is 4.79 Å². The average molecular weight is 512 g/mol. The molecule has 4 rings (SSSR count). The van der Waals surface area contributed by atoms with E-state index >= 15 is 0 Å². The predicted molar refractivity (Wildman–Crippen MR) is 154 cm³/mol. The highest BCUT2D eigenvalue weighted by Gasteiger charge is 2.23. The van der Waals surface area contributed by atoms with Crippen LogP contribution >= 0.6 is 0 Å². The zero-order valence-electron chi connectivity index (χ0n) is 22.7. The summed E-state index contributed by atoms with van der Waals surface area (Å²) in [5, 5.41) is 1.17. The number of rotatable bonds is 10. The highest BCUT2D eigenvalue weighted by molar-refractivity contribution is 5.85. The molecule has 4 aromatic rings. The van der Waals surface area contributed by atoms with Crippen molar-refractivity contribution in [3.05, 3.63) is 102 Å². The molecule has 38 heavy (non-hydrogen) atoms. The summed E-state index contributed by atoms with van der Waals surface area (Å²) in [6, 6.07) is 26.1. The molecule has 1 aromatic heterocycles. The van der Waals surface area contributed by atoms with E-state index in [1.165, 1.54) is 15.8 Å². The minimum Gasteiger partial charge on any atom is -0.378 e. The summed E-state index contributed by atoms with van der Waals surface area (Å²) in [5.74, 6) is -0.0762. The Morgan fingerprint density at radius 3 is 2.05 bits per heavy atom. The number of carbonyl (C=O) groups is 2. The minimum atomic E-state index is -0.186. The van der Waals surface area contributed by atoms with Crippen LogP contribution < -0.4 is 4.90 Å². The van der Waals surface area contributed by atoms with Crippen LogP contribution in [0.5, 0.6) is 0 Å². The van der Waals surface area contributed by atoms with Crippen molar-refractivity contribution in [2.75, 3.05) is 46.2 Å². The number of H-pyrrole nitrogens is 1. The molecular weight excluding hydrogens is 474 g/mol. The molecule has 0 atom stereocenters. The standard InChI is InChI=1S/C31H37N5O2/c1-33(2)27-16-14-25(15-17-27)21-35(19-18-26-20-32-29-13-9-8-12-28(26)29)30(37)23-36(31(38)34(3)4)22-24-10-6-5-7-11-24/h5-17,20,32H,18-19,21-23H2,1-4H3. The van der Waals surface area contributed by atoms with E-state index in [4.69, 9.17) is 0 Å². The summed E-state index contributed by atoms with van der Waals surface area (Å²) < 4.78 is 0. The monoisotopic (exact) mass is 511 g/mol. The lowest BCUT2D eigenvalue weighted by atomic mass is 10.1. The summed E-state index contributed by atoms with van der Waals surface area (Å²) in [6.45, 7) is 1.41. The number of benzene rings is 3. The molecule has 0 fully saturated rings. The Balaban J connectivity index is 1.55. The van der Waals surface area contributed by atoms with Gasteiger partial charge in [-0.1, -0.05) is 60.7 Å². The number of aromatic amines is 1. The number of nitrogens with one attached hydrogen (secondary N) is 1. The number of nitrogens with zero attached hydrogens (tertiary/aromatic N) is 4. The van der Waals surface area contributed by atoms with Crippen LogP contribution in [-0.4, -0.2) is 72.9 Å². The number of aromatic nitrogens is 1. The summed E-state index contributed by atoms with van der Waals surface area (Å²) in [7, 11) is 7.45. The largest absolute Gasteiger partial charge is 0.378 e. The van der Waals surface area contributed by atoms with Crippen LogP contribution in [0.1, 0.15) is 16.7 Å². The van der Waals surface area contributed by atoms with Gasteiger partial charge in [0.05, 0.1) is 0 Å². The van der Waals surface area contributed by atoms with Crippen LogP contribution in [-0.2, 0) is 24.3 Å². The van der Waals surface area contributed by atoms with Gasteiger partial charge in [-0.05, 0) is 41.3 Å². The Morgan fingerprint density at radius 2 is 1.37 bits per heavy atom. The number of hydrogen-bond acceptors (Lipinski definition) is 3. The fourth-order valence-electron chi connectivity index (χ4n) is 4.55. The van der Waals surface area contributed by atoms with Crippen LogP contribution in [0.25, 0.3) is 10.9 Å². The van der Waals surface area contributed by atoms with Gasteiger partial charge in [-0.25, -0.2) is 4.79 Å². The van der Waals surface area contributed by atoms with E-state index in [-0.39, 0.29) is 18.5 Å². The van der Waals surface area contributed by atoms with E-state index in [2.05, 4.69) is 46.3 Å². The quantitative estimate of drug-likeness (QED) is 0.326. The zero-order valence-corrected chi connectivity index (χ0v) is 22.7. The van der Waals surface area contributed by atoms with Crippen molar-refractivity contribution in [1.29, 1.82) is 0 Å². The molecule has 7 heteroatoms. The van der Waals surface area contributed by atoms with E-state index in [1.807, 2.05) is 67.7 Å². The normalized spacial score (nSPS) is 10.8. The smallest absolute Gasteiger partial charge is 0.320 e. The molecule has 0 spiro atoms. The van der Waals surface area contributed by atoms with Gasteiger partial charge in [0.15, 0.2) is 0 Å². The lowest BCUT2D eigenvalue weighted by molar-refractivity contribution is -0.132. The second-order valence-electron chi connectivity index (χ2n) is 10.0. The molecule has 198 valence electrons. The van der Waals surface area contributed by atoms with Crippen molar-refractivity contribution in [2.24, 2.45) is 0 Å². The molecule has 3 aromatic carbocycles. The van der Waals surface area contributed by atoms with Gasteiger partial charge in [-0.15, -0.1) is 0 Å². The van der Waals surface area contributed by atoms with Gasteiger partial charge in [0.2, 0.25) is 5.91 Å². The number of carbonyl (C=O) groups excluding carboxylic acids is 2. The topological polar surface area (TPSA) is 62.9 Å². The Bertz CT molecular complexity index is 1350. The number of anilines is 1. The van der Waals surface area contributed by atoms with E-state index < -0.39 is 0 Å². The first-order valence-corrected chi connectivity index (χ1v) is 12.9. The molecule has 0 aliphatic heterocycles. The third-order valence-corrected chi connectivity index (χ3v) is 6.70. The van der Waals surface area contributed by atoms with Crippen molar-refractivity contribution >= 4 is 28.5 Å². The molecule has 0 bridgehead atoms. The van der Waals surface area contributed by atoms with Gasteiger partial charge in [-0.2, -0.15) is 0 Å². The summed E-state index contributed by atoms with van der Waals surface area (Å²) in [4.78, 5) is 37.2. The van der Waals surface area contributed by atoms with Crippen LogP contribution in [0.3, 0.4) is 0 Å². The lowest BCUT2D eigenvalue weighted by Crippen LogP contribution is -2.46. The molecule has 1 N–H and O–H groups in total. The van der Waals surface area contributed by atoms with E-state index in [0.29, 0.717) is 26.1 Å². The lowest BCUT2D eigenvalue weighted by Gasteiger charge is -2.30. The zero-order chi connectivity index (χ0) is 27.1. The molecule has 0 unspecified atom stereocenters. The third-order valence-electron chi connectivity index (χ3n) is 6.70. The molecule has 0 aliphatic carbocycles. The van der Waals surface area contributed by atoms with Crippen LogP contribution in [0, 0.1) is 0 Å². The van der Waals surface area contributed by atoms with Crippen molar-refractivity contribution in [1.82, 2.24) is 19.7 Å². The van der Waals surface area contributed by atoms with Gasteiger partial charge >= 0.3 is 6.03 Å². The Morgan fingerprint density at radius 1 is 0.737 bits per heavy atom. The van der Waals surface area contributed by atoms with Crippen molar-refractivity contribution in [3.8, 4) is 0 Å². The van der Waals surface area contributed by atoms with Crippen LogP contribution in [0.15, 0.2) is 85.1 Å². The molecular formula is C31H37N5O2. The fourth-order valence-corrected chi connectivity index (χ4v) is 4.55. The van der Waals surface area contributed by atoms with Gasteiger partial charge in [0.1, 0.15) is 6.54 Å². The van der Waals surface area contributed by atoms with Crippen molar-refractivity contribution in [2.45, 2.75) is 19.5 Å². The number of fused-ring (bicyclic) bond motifs is 1. The number of para-hydroxylation sites is 1. The Hall–Kier alpha value is -4.26. The summed E-state index contributed by atoms with van der Waals surface area (Å²) in [6.07, 6.45) is 2.74. The SMILES string of the molecule is CN(C)C(=O)N(CC(=O)N(CCc1c[nH]c2ccccc12)Cc1ccc(N(C)C)cc1)Cc1ccccc1. The second-order valence-corrected chi connectivity index (χ2v) is 10.0. The highest BCUT2D eigenvalue weighted by Crippen LogP contribution is 2.20. The maximum absolute atomic E-state index is 13.8. The van der Waals surface area contributed by atoms with Gasteiger partial charge in [0, 0.05) is 70.6 Å². The number of hydrogen-bond donors (Lipinski definition) is 1. The maximum Gasteiger partial charge on any atom is 0.320 e. The minimum absolute atomic E-state index is 0.00950. The molecule has 7 nitrogen and oxygen atoms in total. The molecule has 0 aliphatic rings.